The first kappa shape index (κ1) is 15.9. The van der Waals surface area contributed by atoms with Gasteiger partial charge in [-0.2, -0.15) is 0 Å². The number of nitrogens with one attached hydrogen (secondary N) is 1. The minimum absolute atomic E-state index is 0.401. The molecule has 0 bridgehead atoms. The van der Waals surface area contributed by atoms with Gasteiger partial charge in [-0.1, -0.05) is 19.8 Å². The highest BCUT2D eigenvalue weighted by atomic mass is 16.5. The minimum atomic E-state index is 0.401. The minimum Gasteiger partial charge on any atom is -0.382 e. The topological polar surface area (TPSA) is 39.7 Å². The van der Waals surface area contributed by atoms with Crippen LogP contribution in [0.15, 0.2) is 0 Å². The molecule has 108 valence electrons. The molecule has 0 spiro atoms. The summed E-state index contributed by atoms with van der Waals surface area (Å²) in [5, 5.41) is 3.53. The summed E-state index contributed by atoms with van der Waals surface area (Å²) in [4.78, 5) is 0. The molecule has 1 saturated carbocycles. The standard InChI is InChI=1S/C14H29NO3/c1-3-15-13-7-4-5-8-14(13)18-10-6-9-17-12-11-16-2/h13-15H,3-12H2,1-2H3. The maximum atomic E-state index is 5.98. The Hall–Kier alpha value is -0.160. The Labute approximate surface area is 111 Å². The molecule has 1 N–H and O–H groups in total. The van der Waals surface area contributed by atoms with E-state index in [2.05, 4.69) is 12.2 Å². The van der Waals surface area contributed by atoms with Crippen LogP contribution in [0.1, 0.15) is 39.0 Å². The van der Waals surface area contributed by atoms with Gasteiger partial charge in [-0.05, 0) is 25.8 Å². The third-order valence-corrected chi connectivity index (χ3v) is 3.37. The van der Waals surface area contributed by atoms with Gasteiger partial charge in [0.15, 0.2) is 0 Å². The van der Waals surface area contributed by atoms with Gasteiger partial charge in [-0.3, -0.25) is 0 Å². The zero-order chi connectivity index (χ0) is 13.1. The van der Waals surface area contributed by atoms with Gasteiger partial charge >= 0.3 is 0 Å². The lowest BCUT2D eigenvalue weighted by Gasteiger charge is -2.32. The summed E-state index contributed by atoms with van der Waals surface area (Å²) in [7, 11) is 1.69. The van der Waals surface area contributed by atoms with Crippen molar-refractivity contribution in [1.82, 2.24) is 5.32 Å². The molecule has 1 rings (SSSR count). The summed E-state index contributed by atoms with van der Waals surface area (Å²) in [5.74, 6) is 0. The van der Waals surface area contributed by atoms with E-state index in [1.807, 2.05) is 0 Å². The summed E-state index contributed by atoms with van der Waals surface area (Å²) >= 11 is 0. The molecular weight excluding hydrogens is 230 g/mol. The quantitative estimate of drug-likeness (QED) is 0.609. The molecule has 1 fully saturated rings. The van der Waals surface area contributed by atoms with E-state index in [1.54, 1.807) is 7.11 Å². The highest BCUT2D eigenvalue weighted by Crippen LogP contribution is 2.21. The third kappa shape index (κ3) is 6.69. The van der Waals surface area contributed by atoms with Crippen LogP contribution in [0.4, 0.5) is 0 Å². The summed E-state index contributed by atoms with van der Waals surface area (Å²) in [6.45, 7) is 6.12. The van der Waals surface area contributed by atoms with Gasteiger partial charge in [0.1, 0.15) is 0 Å². The van der Waals surface area contributed by atoms with Crippen molar-refractivity contribution in [2.24, 2.45) is 0 Å². The Bertz CT molecular complexity index is 188. The lowest BCUT2D eigenvalue weighted by molar-refractivity contribution is -0.00829. The molecule has 0 aromatic heterocycles. The van der Waals surface area contributed by atoms with E-state index >= 15 is 0 Å². The molecule has 0 aromatic carbocycles. The Morgan fingerprint density at radius 1 is 1.06 bits per heavy atom. The molecule has 1 aliphatic carbocycles. The third-order valence-electron chi connectivity index (χ3n) is 3.37. The van der Waals surface area contributed by atoms with Crippen LogP contribution in [-0.2, 0) is 14.2 Å². The van der Waals surface area contributed by atoms with Gasteiger partial charge in [0.05, 0.1) is 19.3 Å². The average Bonchev–Trinajstić information content (AvgIpc) is 2.40. The van der Waals surface area contributed by atoms with Crippen LogP contribution in [0.5, 0.6) is 0 Å². The molecule has 0 amide bonds. The van der Waals surface area contributed by atoms with Crippen LogP contribution in [0, 0.1) is 0 Å². The van der Waals surface area contributed by atoms with Gasteiger partial charge < -0.3 is 19.5 Å². The molecule has 0 saturated heterocycles. The molecule has 0 aromatic rings. The van der Waals surface area contributed by atoms with E-state index in [0.717, 1.165) is 26.2 Å². The lowest BCUT2D eigenvalue weighted by Crippen LogP contribution is -2.43. The van der Waals surface area contributed by atoms with Crippen molar-refractivity contribution in [2.75, 3.05) is 40.1 Å². The second kappa shape index (κ2) is 10.7. The highest BCUT2D eigenvalue weighted by molar-refractivity contribution is 4.81. The fraction of sp³-hybridized carbons (Fsp3) is 1.00. The van der Waals surface area contributed by atoms with Crippen molar-refractivity contribution in [3.63, 3.8) is 0 Å². The second-order valence-electron chi connectivity index (χ2n) is 4.82. The number of methoxy groups -OCH3 is 1. The van der Waals surface area contributed by atoms with Gasteiger partial charge in [-0.15, -0.1) is 0 Å². The summed E-state index contributed by atoms with van der Waals surface area (Å²) < 4.78 is 16.3. The smallest absolute Gasteiger partial charge is 0.0728 e. The number of rotatable bonds is 10. The van der Waals surface area contributed by atoms with Crippen LogP contribution < -0.4 is 5.32 Å². The molecule has 0 heterocycles. The summed E-state index contributed by atoms with van der Waals surface area (Å²) in [6.07, 6.45) is 6.45. The monoisotopic (exact) mass is 259 g/mol. The molecule has 4 heteroatoms. The maximum absolute atomic E-state index is 5.98. The largest absolute Gasteiger partial charge is 0.382 e. The summed E-state index contributed by atoms with van der Waals surface area (Å²) in [6, 6.07) is 0.554. The van der Waals surface area contributed by atoms with Crippen molar-refractivity contribution in [2.45, 2.75) is 51.2 Å². The summed E-state index contributed by atoms with van der Waals surface area (Å²) in [5.41, 5.74) is 0. The zero-order valence-electron chi connectivity index (χ0n) is 12.0. The van der Waals surface area contributed by atoms with Crippen LogP contribution in [0.25, 0.3) is 0 Å². The Morgan fingerprint density at radius 2 is 1.89 bits per heavy atom. The molecule has 2 atom stereocenters. The first-order valence-corrected chi connectivity index (χ1v) is 7.30. The van der Waals surface area contributed by atoms with Crippen LogP contribution in [-0.4, -0.2) is 52.2 Å². The van der Waals surface area contributed by atoms with Crippen molar-refractivity contribution in [3.8, 4) is 0 Å². The first-order chi connectivity index (χ1) is 8.88. The van der Waals surface area contributed by atoms with E-state index in [9.17, 15) is 0 Å². The van der Waals surface area contributed by atoms with E-state index in [-0.39, 0.29) is 0 Å². The number of hydrogen-bond donors (Lipinski definition) is 1. The normalized spacial score (nSPS) is 24.3. The number of likely N-dealkylation sites (N-methyl/N-ethyl adjacent to an activating group) is 1. The molecule has 0 radical (unpaired) electrons. The second-order valence-corrected chi connectivity index (χ2v) is 4.82. The Kier molecular flexibility index (Phi) is 9.48. The van der Waals surface area contributed by atoms with E-state index in [0.29, 0.717) is 25.4 Å². The van der Waals surface area contributed by atoms with Crippen molar-refractivity contribution in [1.29, 1.82) is 0 Å². The lowest BCUT2D eigenvalue weighted by atomic mass is 9.92. The van der Waals surface area contributed by atoms with Gasteiger partial charge in [-0.25, -0.2) is 0 Å². The highest BCUT2D eigenvalue weighted by Gasteiger charge is 2.24. The van der Waals surface area contributed by atoms with Crippen LogP contribution in [0.3, 0.4) is 0 Å². The van der Waals surface area contributed by atoms with Gasteiger partial charge in [0, 0.05) is 26.4 Å². The molecule has 2 unspecified atom stereocenters. The molecule has 4 nitrogen and oxygen atoms in total. The van der Waals surface area contributed by atoms with Gasteiger partial charge in [0.2, 0.25) is 0 Å². The van der Waals surface area contributed by atoms with Crippen molar-refractivity contribution < 1.29 is 14.2 Å². The van der Waals surface area contributed by atoms with Gasteiger partial charge in [0.25, 0.3) is 0 Å². The van der Waals surface area contributed by atoms with E-state index in [1.165, 1.54) is 25.7 Å². The van der Waals surface area contributed by atoms with Crippen molar-refractivity contribution >= 4 is 0 Å². The molecule has 18 heavy (non-hydrogen) atoms. The fourth-order valence-electron chi connectivity index (χ4n) is 2.43. The van der Waals surface area contributed by atoms with E-state index < -0.39 is 0 Å². The molecular formula is C14H29NO3. The van der Waals surface area contributed by atoms with Crippen LogP contribution in [0.2, 0.25) is 0 Å². The Balaban J connectivity index is 2.02. The molecule has 0 aliphatic heterocycles. The zero-order valence-corrected chi connectivity index (χ0v) is 12.0. The fourth-order valence-corrected chi connectivity index (χ4v) is 2.43. The number of ether oxygens (including phenoxy) is 3. The average molecular weight is 259 g/mol. The Morgan fingerprint density at radius 3 is 2.67 bits per heavy atom. The van der Waals surface area contributed by atoms with Crippen LogP contribution >= 0.6 is 0 Å². The predicted molar refractivity (Wildman–Crippen MR) is 73.0 cm³/mol. The SMILES string of the molecule is CCNC1CCCCC1OCCCOCCOC. The number of hydrogen-bond acceptors (Lipinski definition) is 4. The predicted octanol–water partition coefficient (Wildman–Crippen LogP) is 1.98. The van der Waals surface area contributed by atoms with E-state index in [4.69, 9.17) is 14.2 Å². The first-order valence-electron chi connectivity index (χ1n) is 7.30. The maximum Gasteiger partial charge on any atom is 0.0728 e. The van der Waals surface area contributed by atoms with Crippen molar-refractivity contribution in [3.05, 3.63) is 0 Å². The molecule has 1 aliphatic rings.